The zero-order valence-electron chi connectivity index (χ0n) is 16.4. The Kier molecular flexibility index (Phi) is 5.60. The molecule has 0 N–H and O–H groups in total. The lowest BCUT2D eigenvalue weighted by atomic mass is 9.96. The van der Waals surface area contributed by atoms with Gasteiger partial charge in [-0.15, -0.1) is 0 Å². The van der Waals surface area contributed by atoms with Gasteiger partial charge in [0.05, 0.1) is 24.5 Å². The Morgan fingerprint density at radius 2 is 1.86 bits per heavy atom. The van der Waals surface area contributed by atoms with Crippen LogP contribution in [0.1, 0.15) is 24.8 Å². The molecule has 4 rings (SSSR count). The largest absolute Gasteiger partial charge is 0.497 e. The lowest BCUT2D eigenvalue weighted by Crippen LogP contribution is -2.39. The summed E-state index contributed by atoms with van der Waals surface area (Å²) in [6, 6.07) is 16.2. The molecule has 1 amide bonds. The molecule has 1 saturated heterocycles. The van der Waals surface area contributed by atoms with Crippen molar-refractivity contribution in [2.45, 2.75) is 32.2 Å². The van der Waals surface area contributed by atoms with E-state index in [1.54, 1.807) is 7.11 Å². The number of carbonyl (C=O) groups excluding carboxylic acids is 1. The number of fused-ring (bicyclic) bond motifs is 1. The van der Waals surface area contributed by atoms with Gasteiger partial charge >= 0.3 is 0 Å². The van der Waals surface area contributed by atoms with Crippen molar-refractivity contribution in [3.63, 3.8) is 0 Å². The van der Waals surface area contributed by atoms with Crippen LogP contribution in [0.25, 0.3) is 11.0 Å². The molecule has 0 aliphatic carbocycles. The van der Waals surface area contributed by atoms with Gasteiger partial charge in [0.2, 0.25) is 5.91 Å². The van der Waals surface area contributed by atoms with Crippen LogP contribution < -0.4 is 4.74 Å². The third-order valence-corrected chi connectivity index (χ3v) is 5.74. The Morgan fingerprint density at radius 1 is 1.11 bits per heavy atom. The van der Waals surface area contributed by atoms with Crippen LogP contribution in [0, 0.1) is 5.92 Å². The molecule has 2 aromatic carbocycles. The van der Waals surface area contributed by atoms with Gasteiger partial charge < -0.3 is 14.2 Å². The minimum atomic E-state index is 0.266. The van der Waals surface area contributed by atoms with Crippen molar-refractivity contribution in [2.24, 2.45) is 5.92 Å². The van der Waals surface area contributed by atoms with Gasteiger partial charge in [-0.1, -0.05) is 24.3 Å². The lowest BCUT2D eigenvalue weighted by Gasteiger charge is -2.32. The summed E-state index contributed by atoms with van der Waals surface area (Å²) < 4.78 is 7.43. The maximum atomic E-state index is 12.6. The molecular weight excluding hydrogens is 350 g/mol. The van der Waals surface area contributed by atoms with Crippen LogP contribution in [0.3, 0.4) is 0 Å². The summed E-state index contributed by atoms with van der Waals surface area (Å²) in [5.41, 5.74) is 3.42. The normalized spacial score (nSPS) is 15.1. The molecular formula is C23H27N3O2. The Bertz CT molecular complexity index is 924. The first-order valence-corrected chi connectivity index (χ1v) is 10.0. The monoisotopic (exact) mass is 377 g/mol. The van der Waals surface area contributed by atoms with Crippen LogP contribution in [0.15, 0.2) is 54.9 Å². The maximum Gasteiger partial charge on any atom is 0.222 e. The van der Waals surface area contributed by atoms with Crippen molar-refractivity contribution in [1.82, 2.24) is 14.5 Å². The molecule has 28 heavy (non-hydrogen) atoms. The molecule has 0 unspecified atom stereocenters. The number of hydrogen-bond donors (Lipinski definition) is 0. The van der Waals surface area contributed by atoms with E-state index in [4.69, 9.17) is 4.74 Å². The summed E-state index contributed by atoms with van der Waals surface area (Å²) in [6.45, 7) is 2.70. The molecule has 1 aliphatic heterocycles. The molecule has 0 radical (unpaired) electrons. The van der Waals surface area contributed by atoms with Gasteiger partial charge in [-0.25, -0.2) is 4.98 Å². The number of rotatable bonds is 6. The van der Waals surface area contributed by atoms with Gasteiger partial charge in [0.25, 0.3) is 0 Å². The molecule has 0 bridgehead atoms. The number of para-hydroxylation sites is 2. The number of ether oxygens (including phenoxy) is 1. The van der Waals surface area contributed by atoms with Gasteiger partial charge in [0.1, 0.15) is 5.75 Å². The number of nitrogens with zero attached hydrogens (tertiary/aromatic N) is 3. The van der Waals surface area contributed by atoms with Crippen LogP contribution in [-0.4, -0.2) is 40.6 Å². The number of hydrogen-bond acceptors (Lipinski definition) is 3. The van der Waals surface area contributed by atoms with Crippen molar-refractivity contribution < 1.29 is 9.53 Å². The first kappa shape index (κ1) is 18.5. The van der Waals surface area contributed by atoms with E-state index in [9.17, 15) is 4.79 Å². The topological polar surface area (TPSA) is 47.4 Å². The highest BCUT2D eigenvalue weighted by atomic mass is 16.5. The van der Waals surface area contributed by atoms with E-state index >= 15 is 0 Å². The number of methoxy groups -OCH3 is 1. The van der Waals surface area contributed by atoms with E-state index < -0.39 is 0 Å². The highest BCUT2D eigenvalue weighted by molar-refractivity contribution is 5.76. The summed E-state index contributed by atoms with van der Waals surface area (Å²) in [4.78, 5) is 19.1. The second-order valence-corrected chi connectivity index (χ2v) is 7.56. The molecule has 0 spiro atoms. The lowest BCUT2D eigenvalue weighted by molar-refractivity contribution is -0.132. The fraction of sp³-hybridized carbons (Fsp3) is 0.391. The van der Waals surface area contributed by atoms with E-state index in [1.807, 2.05) is 41.6 Å². The van der Waals surface area contributed by atoms with Gasteiger partial charge in [-0.2, -0.15) is 0 Å². The summed E-state index contributed by atoms with van der Waals surface area (Å²) in [5.74, 6) is 1.72. The van der Waals surface area contributed by atoms with E-state index in [0.717, 1.165) is 50.2 Å². The second kappa shape index (κ2) is 8.46. The smallest absolute Gasteiger partial charge is 0.222 e. The molecule has 0 saturated carbocycles. The summed E-state index contributed by atoms with van der Waals surface area (Å²) in [5, 5.41) is 0. The molecule has 3 aromatic rings. The van der Waals surface area contributed by atoms with Crippen molar-refractivity contribution in [1.29, 1.82) is 0 Å². The number of aryl methyl sites for hydroxylation is 1. The standard InChI is InChI=1S/C23H27N3O2/c1-28-20-9-6-18(7-10-20)8-11-23(27)25-14-12-19(13-15-25)16-26-17-24-21-4-2-3-5-22(21)26/h2-7,9-10,17,19H,8,11-16H2,1H3. The molecule has 0 atom stereocenters. The minimum Gasteiger partial charge on any atom is -0.497 e. The van der Waals surface area contributed by atoms with Crippen LogP contribution in [-0.2, 0) is 17.8 Å². The highest BCUT2D eigenvalue weighted by Crippen LogP contribution is 2.22. The van der Waals surface area contributed by atoms with Gasteiger partial charge in [0, 0.05) is 26.1 Å². The number of aromatic nitrogens is 2. The number of likely N-dealkylation sites (tertiary alicyclic amines) is 1. The van der Waals surface area contributed by atoms with E-state index in [2.05, 4.69) is 27.8 Å². The van der Waals surface area contributed by atoms with Crippen molar-refractivity contribution in [3.8, 4) is 5.75 Å². The minimum absolute atomic E-state index is 0.266. The van der Waals surface area contributed by atoms with Gasteiger partial charge in [-0.05, 0) is 55.0 Å². The number of imidazole rings is 1. The van der Waals surface area contributed by atoms with E-state index in [-0.39, 0.29) is 5.91 Å². The van der Waals surface area contributed by atoms with E-state index in [1.165, 1.54) is 11.1 Å². The van der Waals surface area contributed by atoms with Gasteiger partial charge in [-0.3, -0.25) is 4.79 Å². The van der Waals surface area contributed by atoms with E-state index in [0.29, 0.717) is 12.3 Å². The zero-order valence-corrected chi connectivity index (χ0v) is 16.4. The third kappa shape index (κ3) is 4.19. The Balaban J connectivity index is 1.25. The second-order valence-electron chi connectivity index (χ2n) is 7.56. The van der Waals surface area contributed by atoms with Crippen LogP contribution in [0.5, 0.6) is 5.75 Å². The Hall–Kier alpha value is -2.82. The predicted octanol–water partition coefficient (Wildman–Crippen LogP) is 3.92. The summed E-state index contributed by atoms with van der Waals surface area (Å²) >= 11 is 0. The molecule has 5 heteroatoms. The number of piperidine rings is 1. The Morgan fingerprint density at radius 3 is 2.61 bits per heavy atom. The summed E-state index contributed by atoms with van der Waals surface area (Å²) in [6.07, 6.45) is 5.41. The van der Waals surface area contributed by atoms with Crippen LogP contribution in [0.2, 0.25) is 0 Å². The molecule has 146 valence electrons. The Labute approximate surface area is 165 Å². The van der Waals surface area contributed by atoms with Crippen molar-refractivity contribution in [2.75, 3.05) is 20.2 Å². The number of benzene rings is 2. The third-order valence-electron chi connectivity index (χ3n) is 5.74. The molecule has 1 aromatic heterocycles. The fourth-order valence-corrected chi connectivity index (χ4v) is 4.00. The predicted molar refractivity (Wildman–Crippen MR) is 110 cm³/mol. The van der Waals surface area contributed by atoms with Crippen molar-refractivity contribution in [3.05, 3.63) is 60.4 Å². The average Bonchev–Trinajstić information content (AvgIpc) is 3.16. The number of amides is 1. The van der Waals surface area contributed by atoms with Crippen LogP contribution >= 0.6 is 0 Å². The van der Waals surface area contributed by atoms with Crippen LogP contribution in [0.4, 0.5) is 0 Å². The summed E-state index contributed by atoms with van der Waals surface area (Å²) in [7, 11) is 1.66. The highest BCUT2D eigenvalue weighted by Gasteiger charge is 2.23. The number of carbonyl (C=O) groups is 1. The quantitative estimate of drug-likeness (QED) is 0.654. The van der Waals surface area contributed by atoms with Gasteiger partial charge in [0.15, 0.2) is 0 Å². The average molecular weight is 377 g/mol. The maximum absolute atomic E-state index is 12.6. The first-order valence-electron chi connectivity index (χ1n) is 10.0. The fourth-order valence-electron chi connectivity index (χ4n) is 4.00. The van der Waals surface area contributed by atoms with Crippen molar-refractivity contribution >= 4 is 16.9 Å². The zero-order chi connectivity index (χ0) is 19.3. The SMILES string of the molecule is COc1ccc(CCC(=O)N2CCC(Cn3cnc4ccccc43)CC2)cc1. The molecule has 1 aliphatic rings. The molecule has 2 heterocycles. The first-order chi connectivity index (χ1) is 13.7. The molecule has 1 fully saturated rings. The molecule has 5 nitrogen and oxygen atoms in total.